The molecule has 0 aliphatic carbocycles. The molecule has 1 aromatic carbocycles. The Morgan fingerprint density at radius 3 is 2.11 bits per heavy atom. The molecule has 0 amide bonds. The number of carbonyl (C=O) groups excluding carboxylic acids is 1. The summed E-state index contributed by atoms with van der Waals surface area (Å²) >= 11 is 1.43. The minimum absolute atomic E-state index is 0.0701. The van der Waals surface area contributed by atoms with E-state index >= 15 is 0 Å². The first-order valence-electron chi connectivity index (χ1n) is 5.67. The SMILES string of the molecule is CSc1ccc([C@H](OC(=O)C(C)C)C(F)(F)F)cc1. The molecule has 0 radical (unpaired) electrons. The molecule has 0 aliphatic heterocycles. The van der Waals surface area contributed by atoms with Crippen molar-refractivity contribution in [2.75, 3.05) is 6.26 Å². The summed E-state index contributed by atoms with van der Waals surface area (Å²) in [6.45, 7) is 2.99. The number of rotatable bonds is 4. The molecule has 0 fully saturated rings. The second kappa shape index (κ2) is 6.32. The third kappa shape index (κ3) is 4.45. The van der Waals surface area contributed by atoms with Crippen molar-refractivity contribution in [2.24, 2.45) is 5.92 Å². The summed E-state index contributed by atoms with van der Waals surface area (Å²) in [4.78, 5) is 12.2. The van der Waals surface area contributed by atoms with Gasteiger partial charge in [-0.2, -0.15) is 13.2 Å². The van der Waals surface area contributed by atoms with Crippen LogP contribution in [0, 0.1) is 5.92 Å². The number of esters is 1. The molecule has 106 valence electrons. The van der Waals surface area contributed by atoms with E-state index in [2.05, 4.69) is 4.74 Å². The topological polar surface area (TPSA) is 26.3 Å². The summed E-state index contributed by atoms with van der Waals surface area (Å²) in [6.07, 6.45) is -5.00. The van der Waals surface area contributed by atoms with Gasteiger partial charge in [-0.25, -0.2) is 0 Å². The van der Waals surface area contributed by atoms with Gasteiger partial charge in [-0.3, -0.25) is 4.79 Å². The Morgan fingerprint density at radius 2 is 1.74 bits per heavy atom. The lowest BCUT2D eigenvalue weighted by Crippen LogP contribution is -2.27. The highest BCUT2D eigenvalue weighted by Crippen LogP contribution is 2.36. The van der Waals surface area contributed by atoms with Gasteiger partial charge >= 0.3 is 12.1 Å². The fraction of sp³-hybridized carbons (Fsp3) is 0.462. The van der Waals surface area contributed by atoms with E-state index in [0.717, 1.165) is 4.90 Å². The Balaban J connectivity index is 2.99. The van der Waals surface area contributed by atoms with Crippen LogP contribution in [0.4, 0.5) is 13.2 Å². The number of benzene rings is 1. The quantitative estimate of drug-likeness (QED) is 0.614. The Bertz CT molecular complexity index is 427. The maximum atomic E-state index is 12.9. The van der Waals surface area contributed by atoms with Crippen molar-refractivity contribution in [2.45, 2.75) is 31.0 Å². The smallest absolute Gasteiger partial charge is 0.429 e. The summed E-state index contributed by atoms with van der Waals surface area (Å²) in [6, 6.07) is 5.80. The van der Waals surface area contributed by atoms with Crippen molar-refractivity contribution in [1.82, 2.24) is 0 Å². The van der Waals surface area contributed by atoms with E-state index < -0.39 is 24.2 Å². The maximum absolute atomic E-state index is 12.9. The average Bonchev–Trinajstić information content (AvgIpc) is 2.34. The molecule has 1 rings (SSSR count). The lowest BCUT2D eigenvalue weighted by atomic mass is 10.1. The number of halogens is 3. The van der Waals surface area contributed by atoms with Crippen molar-refractivity contribution < 1.29 is 22.7 Å². The van der Waals surface area contributed by atoms with E-state index in [-0.39, 0.29) is 5.56 Å². The highest BCUT2D eigenvalue weighted by Gasteiger charge is 2.44. The average molecular weight is 292 g/mol. The van der Waals surface area contributed by atoms with Gasteiger partial charge in [-0.05, 0) is 18.4 Å². The van der Waals surface area contributed by atoms with Gasteiger partial charge in [0.2, 0.25) is 6.10 Å². The van der Waals surface area contributed by atoms with Crippen LogP contribution in [0.15, 0.2) is 29.2 Å². The molecule has 0 spiro atoms. The van der Waals surface area contributed by atoms with Crippen LogP contribution in [-0.2, 0) is 9.53 Å². The van der Waals surface area contributed by atoms with Crippen LogP contribution in [0.2, 0.25) is 0 Å². The number of hydrogen-bond acceptors (Lipinski definition) is 3. The van der Waals surface area contributed by atoms with Crippen LogP contribution in [0.25, 0.3) is 0 Å². The molecule has 2 nitrogen and oxygen atoms in total. The van der Waals surface area contributed by atoms with Crippen LogP contribution in [0.3, 0.4) is 0 Å². The molecule has 1 aromatic rings. The van der Waals surface area contributed by atoms with E-state index in [9.17, 15) is 18.0 Å². The largest absolute Gasteiger partial charge is 0.448 e. The summed E-state index contributed by atoms with van der Waals surface area (Å²) in [7, 11) is 0. The molecule has 0 saturated heterocycles. The van der Waals surface area contributed by atoms with E-state index in [4.69, 9.17) is 0 Å². The first-order chi connectivity index (χ1) is 8.75. The van der Waals surface area contributed by atoms with Crippen LogP contribution < -0.4 is 0 Å². The van der Waals surface area contributed by atoms with E-state index in [1.807, 2.05) is 6.26 Å². The third-order valence-electron chi connectivity index (χ3n) is 2.42. The zero-order chi connectivity index (χ0) is 14.6. The maximum Gasteiger partial charge on any atom is 0.429 e. The van der Waals surface area contributed by atoms with Gasteiger partial charge in [0, 0.05) is 10.5 Å². The molecule has 0 aliphatic rings. The predicted octanol–water partition coefficient (Wildman–Crippen LogP) is 4.21. The summed E-state index contributed by atoms with van der Waals surface area (Å²) in [5.41, 5.74) is -0.0701. The molecule has 19 heavy (non-hydrogen) atoms. The molecule has 0 saturated carbocycles. The molecular formula is C13H15F3O2S. The second-order valence-corrected chi connectivity index (χ2v) is 5.17. The first kappa shape index (κ1) is 15.9. The second-order valence-electron chi connectivity index (χ2n) is 4.29. The summed E-state index contributed by atoms with van der Waals surface area (Å²) in [5.74, 6) is -1.47. The zero-order valence-electron chi connectivity index (χ0n) is 10.8. The van der Waals surface area contributed by atoms with Gasteiger partial charge in [0.1, 0.15) is 0 Å². The Labute approximate surface area is 114 Å². The molecular weight excluding hydrogens is 277 g/mol. The highest BCUT2D eigenvalue weighted by molar-refractivity contribution is 7.98. The van der Waals surface area contributed by atoms with Crippen molar-refractivity contribution in [3.8, 4) is 0 Å². The van der Waals surface area contributed by atoms with Gasteiger partial charge in [-0.1, -0.05) is 26.0 Å². The molecule has 1 atom stereocenters. The number of thioether (sulfide) groups is 1. The van der Waals surface area contributed by atoms with Crippen molar-refractivity contribution in [3.63, 3.8) is 0 Å². The van der Waals surface area contributed by atoms with E-state index in [0.29, 0.717) is 0 Å². The van der Waals surface area contributed by atoms with Gasteiger partial charge in [-0.15, -0.1) is 11.8 Å². The van der Waals surface area contributed by atoms with E-state index in [1.54, 1.807) is 12.1 Å². The highest BCUT2D eigenvalue weighted by atomic mass is 32.2. The Hall–Kier alpha value is -1.17. The van der Waals surface area contributed by atoms with Crippen molar-refractivity contribution in [3.05, 3.63) is 29.8 Å². The van der Waals surface area contributed by atoms with Crippen LogP contribution >= 0.6 is 11.8 Å². The predicted molar refractivity (Wildman–Crippen MR) is 67.9 cm³/mol. The van der Waals surface area contributed by atoms with Crippen molar-refractivity contribution in [1.29, 1.82) is 0 Å². The Morgan fingerprint density at radius 1 is 1.21 bits per heavy atom. The Kier molecular flexibility index (Phi) is 5.29. The van der Waals surface area contributed by atoms with Gasteiger partial charge in [0.05, 0.1) is 5.92 Å². The monoisotopic (exact) mass is 292 g/mol. The standard InChI is InChI=1S/C13H15F3O2S/c1-8(2)12(17)18-11(13(14,15)16)9-4-6-10(19-3)7-5-9/h4-8,11H,1-3H3/t11-/m0/s1. The summed E-state index contributed by atoms with van der Waals surface area (Å²) in [5, 5.41) is 0. The fourth-order valence-corrected chi connectivity index (χ4v) is 1.76. The van der Waals surface area contributed by atoms with Gasteiger partial charge in [0.25, 0.3) is 0 Å². The zero-order valence-corrected chi connectivity index (χ0v) is 11.6. The minimum atomic E-state index is -4.62. The molecule has 6 heteroatoms. The lowest BCUT2D eigenvalue weighted by Gasteiger charge is -2.22. The molecule has 0 unspecified atom stereocenters. The van der Waals surface area contributed by atoms with Gasteiger partial charge in [0.15, 0.2) is 0 Å². The first-order valence-corrected chi connectivity index (χ1v) is 6.89. The van der Waals surface area contributed by atoms with Crippen LogP contribution in [0.5, 0.6) is 0 Å². The molecule has 0 bridgehead atoms. The number of hydrogen-bond donors (Lipinski definition) is 0. The van der Waals surface area contributed by atoms with Gasteiger partial charge < -0.3 is 4.74 Å². The minimum Gasteiger partial charge on any atom is -0.448 e. The summed E-state index contributed by atoms with van der Waals surface area (Å²) < 4.78 is 43.4. The third-order valence-corrected chi connectivity index (χ3v) is 3.16. The van der Waals surface area contributed by atoms with Crippen LogP contribution in [-0.4, -0.2) is 18.4 Å². The van der Waals surface area contributed by atoms with Crippen molar-refractivity contribution >= 4 is 17.7 Å². The van der Waals surface area contributed by atoms with Crippen LogP contribution in [0.1, 0.15) is 25.5 Å². The normalized spacial score (nSPS) is 13.4. The number of ether oxygens (including phenoxy) is 1. The van der Waals surface area contributed by atoms with E-state index in [1.165, 1.54) is 37.7 Å². The lowest BCUT2D eigenvalue weighted by molar-refractivity contribution is -0.225. The number of carbonyl (C=O) groups is 1. The molecule has 0 aromatic heterocycles. The number of alkyl halides is 3. The molecule has 0 N–H and O–H groups in total. The molecule has 0 heterocycles. The fourth-order valence-electron chi connectivity index (χ4n) is 1.35.